The summed E-state index contributed by atoms with van der Waals surface area (Å²) in [6.45, 7) is 0. The molecule has 0 atom stereocenters. The molecule has 0 spiro atoms. The van der Waals surface area contributed by atoms with Gasteiger partial charge in [0.25, 0.3) is 0 Å². The summed E-state index contributed by atoms with van der Waals surface area (Å²) in [5, 5.41) is 7.11. The van der Waals surface area contributed by atoms with E-state index in [9.17, 15) is 0 Å². The third-order valence-corrected chi connectivity index (χ3v) is 20.1. The van der Waals surface area contributed by atoms with Crippen molar-refractivity contribution < 1.29 is 0 Å². The number of nitrogens with zero attached hydrogens (tertiary/aromatic N) is 18. The van der Waals surface area contributed by atoms with Crippen molar-refractivity contribution in [3.63, 3.8) is 0 Å². The molecule has 12 heterocycles. The number of pyridine rings is 3. The Morgan fingerprint density at radius 3 is 1.11 bits per heavy atom. The number of para-hydroxylation sites is 4. The van der Waals surface area contributed by atoms with Gasteiger partial charge in [-0.15, -0.1) is 0 Å². The summed E-state index contributed by atoms with van der Waals surface area (Å²) < 4.78 is 8.51. The Morgan fingerprint density at radius 2 is 0.614 bits per heavy atom. The standard InChI is InChI=1S/C35H23N5.C31H20N6.C30H19N7/c1-3-9-24(10-4-1)26-14-16-32-29(19-26)30-20-27(25-11-5-2-6-12-25)15-17-33(30)40(32)28-21-36-35(37-22-28)31-23-39-18-8-7-13-34(39)38-31;1-2-10-21(11-3-1)30-35-26(18-27(36-30)25-14-8-9-17-32-25)22-19-33-31(34-20-22)37-28-15-6-4-12-23(28)24-13-5-7-16-29(24)37;1-2-10-20(11-3-1)27-34-28(24-14-8-9-17-31-24)36-30(35-27)29-32-18-21(19-33-29)37-25-15-6-4-12-22(25)23-13-5-7-16-26(23)37/h1-23H;1-20H;1-19H. The van der Waals surface area contributed by atoms with Gasteiger partial charge in [-0.3, -0.25) is 14.5 Å². The minimum absolute atomic E-state index is 0.392. The summed E-state index contributed by atoms with van der Waals surface area (Å²) in [7, 11) is 0. The SMILES string of the molecule is c1ccc(-c2ccc3c(c2)c2cc(-c4ccccc4)ccc2n3-c2cnc(-c3cn4ccccc4n3)nc2)cc1.c1ccc(-c2nc(-c3ccccn3)nc(-c3ncc(-n4c5ccccc5c5ccccc54)cn3)n2)cc1.c1ccc(-c2nc(-c3cnc(-n4c5ccccc5c5ccccc54)nc3)cc(-c3ccccn3)n2)cc1. The lowest BCUT2D eigenvalue weighted by Gasteiger charge is -2.09. The van der Waals surface area contributed by atoms with E-state index in [0.29, 0.717) is 46.6 Å². The summed E-state index contributed by atoms with van der Waals surface area (Å²) in [5.74, 6) is 3.67. The van der Waals surface area contributed by atoms with Crippen LogP contribution in [0.3, 0.4) is 0 Å². The molecule has 18 nitrogen and oxygen atoms in total. The average Bonchev–Trinajstić information content (AvgIpc) is 1.68. The molecule has 0 saturated heterocycles. The van der Waals surface area contributed by atoms with Crippen LogP contribution in [0.2, 0.25) is 0 Å². The van der Waals surface area contributed by atoms with Crippen molar-refractivity contribution in [3.05, 3.63) is 377 Å². The van der Waals surface area contributed by atoms with E-state index in [2.05, 4.69) is 218 Å². The third-order valence-electron chi connectivity index (χ3n) is 20.1. The number of hydrogen-bond acceptors (Lipinski definition) is 14. The van der Waals surface area contributed by atoms with Gasteiger partial charge in [-0.1, -0.05) is 224 Å². The maximum absolute atomic E-state index is 4.87. The molecule has 0 aliphatic heterocycles. The zero-order chi connectivity index (χ0) is 75.7. The highest BCUT2D eigenvalue weighted by atomic mass is 15.2. The molecular formula is C96H62N18. The Morgan fingerprint density at radius 1 is 0.202 bits per heavy atom. The second kappa shape index (κ2) is 29.5. The molecule has 18 heteroatoms. The van der Waals surface area contributed by atoms with E-state index in [4.69, 9.17) is 34.9 Å². The van der Waals surface area contributed by atoms with Crippen LogP contribution in [0.1, 0.15) is 0 Å². The Balaban J connectivity index is 0.000000111. The molecular weight excluding hydrogens is 1410 g/mol. The van der Waals surface area contributed by atoms with Gasteiger partial charge in [0, 0.05) is 86.2 Å². The molecule has 0 radical (unpaired) electrons. The number of aromatic nitrogens is 18. The van der Waals surface area contributed by atoms with Gasteiger partial charge >= 0.3 is 0 Å². The van der Waals surface area contributed by atoms with Gasteiger partial charge in [-0.25, -0.2) is 59.8 Å². The average molecular weight is 1470 g/mol. The summed E-state index contributed by atoms with van der Waals surface area (Å²) in [4.78, 5) is 65.7. The van der Waals surface area contributed by atoms with Crippen molar-refractivity contribution in [2.45, 2.75) is 0 Å². The topological polar surface area (TPSA) is 200 Å². The minimum atomic E-state index is 0.392. The number of rotatable bonds is 12. The van der Waals surface area contributed by atoms with E-state index in [1.54, 1.807) is 12.4 Å². The normalized spacial score (nSPS) is 11.3. The van der Waals surface area contributed by atoms with Gasteiger partial charge in [-0.2, -0.15) is 0 Å². The predicted molar refractivity (Wildman–Crippen MR) is 451 cm³/mol. The number of benzene rings is 10. The lowest BCUT2D eigenvalue weighted by atomic mass is 10.0. The third kappa shape index (κ3) is 12.9. The van der Waals surface area contributed by atoms with Crippen molar-refractivity contribution in [1.29, 1.82) is 0 Å². The fourth-order valence-electron chi connectivity index (χ4n) is 14.8. The van der Waals surface area contributed by atoms with Crippen LogP contribution in [0.25, 0.3) is 191 Å². The molecule has 536 valence electrons. The van der Waals surface area contributed by atoms with Crippen LogP contribution in [0.4, 0.5) is 0 Å². The molecule has 114 heavy (non-hydrogen) atoms. The number of imidazole rings is 1. The van der Waals surface area contributed by atoms with Crippen LogP contribution in [-0.4, -0.2) is 87.9 Å². The minimum Gasteiger partial charge on any atom is -0.306 e. The van der Waals surface area contributed by atoms with Gasteiger partial charge in [-0.05, 0) is 113 Å². The van der Waals surface area contributed by atoms with Gasteiger partial charge in [0.1, 0.15) is 17.0 Å². The van der Waals surface area contributed by atoms with Crippen molar-refractivity contribution in [2.75, 3.05) is 0 Å². The molecule has 12 aromatic heterocycles. The molecule has 0 unspecified atom stereocenters. The Labute approximate surface area is 652 Å². The highest BCUT2D eigenvalue weighted by Crippen LogP contribution is 2.39. The van der Waals surface area contributed by atoms with Gasteiger partial charge in [0.2, 0.25) is 11.8 Å². The van der Waals surface area contributed by atoms with E-state index in [-0.39, 0.29) is 0 Å². The van der Waals surface area contributed by atoms with Crippen LogP contribution in [0.5, 0.6) is 0 Å². The fourth-order valence-corrected chi connectivity index (χ4v) is 14.8. The first-order valence-electron chi connectivity index (χ1n) is 37.2. The molecule has 0 bridgehead atoms. The molecule has 0 fully saturated rings. The van der Waals surface area contributed by atoms with Crippen LogP contribution < -0.4 is 0 Å². The summed E-state index contributed by atoms with van der Waals surface area (Å²) in [5.41, 5.74) is 20.3. The second-order valence-electron chi connectivity index (χ2n) is 27.1. The van der Waals surface area contributed by atoms with E-state index < -0.39 is 0 Å². The zero-order valence-electron chi connectivity index (χ0n) is 60.8. The molecule has 22 aromatic rings. The highest BCUT2D eigenvalue weighted by molar-refractivity contribution is 6.12. The number of fused-ring (bicyclic) bond motifs is 10. The van der Waals surface area contributed by atoms with Crippen molar-refractivity contribution in [1.82, 2.24) is 87.9 Å². The Bertz CT molecular complexity index is 6620. The summed E-state index contributed by atoms with van der Waals surface area (Å²) in [6, 6.07) is 107. The van der Waals surface area contributed by atoms with E-state index in [1.807, 2.05) is 200 Å². The molecule has 22 rings (SSSR count). The van der Waals surface area contributed by atoms with Crippen molar-refractivity contribution >= 4 is 71.1 Å². The smallest absolute Gasteiger partial charge is 0.234 e. The largest absolute Gasteiger partial charge is 0.306 e. The van der Waals surface area contributed by atoms with Crippen LogP contribution in [-0.2, 0) is 0 Å². The van der Waals surface area contributed by atoms with Gasteiger partial charge in [0.05, 0.1) is 86.3 Å². The quantitative estimate of drug-likeness (QED) is 0.112. The fraction of sp³-hybridized carbons (Fsp3) is 0. The van der Waals surface area contributed by atoms with Crippen LogP contribution in [0.15, 0.2) is 377 Å². The van der Waals surface area contributed by atoms with Gasteiger partial charge < -0.3 is 13.5 Å². The van der Waals surface area contributed by atoms with E-state index in [0.717, 1.165) is 89.6 Å². The van der Waals surface area contributed by atoms with Crippen molar-refractivity contribution in [2.24, 2.45) is 0 Å². The predicted octanol–water partition coefficient (Wildman–Crippen LogP) is 21.1. The maximum Gasteiger partial charge on any atom is 0.234 e. The molecule has 0 amide bonds. The second-order valence-corrected chi connectivity index (χ2v) is 27.1. The number of hydrogen-bond donors (Lipinski definition) is 0. The van der Waals surface area contributed by atoms with Crippen molar-refractivity contribution in [3.8, 4) is 120 Å². The molecule has 0 saturated carbocycles. The zero-order valence-corrected chi connectivity index (χ0v) is 60.8. The summed E-state index contributed by atoms with van der Waals surface area (Å²) >= 11 is 0. The lowest BCUT2D eigenvalue weighted by molar-refractivity contribution is 0.988. The lowest BCUT2D eigenvalue weighted by Crippen LogP contribution is -2.04. The van der Waals surface area contributed by atoms with Crippen LogP contribution >= 0.6 is 0 Å². The highest BCUT2D eigenvalue weighted by Gasteiger charge is 2.21. The molecule has 10 aromatic carbocycles. The molecule has 0 aliphatic rings. The van der Waals surface area contributed by atoms with E-state index in [1.165, 1.54) is 54.6 Å². The van der Waals surface area contributed by atoms with Gasteiger partial charge in [0.15, 0.2) is 29.1 Å². The monoisotopic (exact) mass is 1470 g/mol. The first kappa shape index (κ1) is 67.3. The van der Waals surface area contributed by atoms with E-state index >= 15 is 0 Å². The van der Waals surface area contributed by atoms with Crippen LogP contribution in [0, 0.1) is 0 Å². The Hall–Kier alpha value is -16.1. The Kier molecular flexibility index (Phi) is 17.4. The molecule has 0 N–H and O–H groups in total. The first-order chi connectivity index (χ1) is 56.5. The maximum atomic E-state index is 4.87. The summed E-state index contributed by atoms with van der Waals surface area (Å²) in [6.07, 6.45) is 18.5. The molecule has 0 aliphatic carbocycles. The first-order valence-corrected chi connectivity index (χ1v) is 37.2.